The van der Waals surface area contributed by atoms with E-state index in [2.05, 4.69) is 38.1 Å². The van der Waals surface area contributed by atoms with Crippen LogP contribution in [0.1, 0.15) is 16.7 Å². The van der Waals surface area contributed by atoms with Gasteiger partial charge in [-0.2, -0.15) is 0 Å². The predicted molar refractivity (Wildman–Crippen MR) is 72.1 cm³/mol. The van der Waals surface area contributed by atoms with Crippen LogP contribution < -0.4 is 5.73 Å². The maximum absolute atomic E-state index is 7.46. The van der Waals surface area contributed by atoms with Crippen LogP contribution in [0.15, 0.2) is 42.5 Å². The van der Waals surface area contributed by atoms with Gasteiger partial charge in [-0.15, -0.1) is 0 Å². The average molecular weight is 223 g/mol. The Bertz CT molecular complexity index is 554. The smallest absolute Gasteiger partial charge is 0.122 e. The molecule has 0 heterocycles. The third-order valence-electron chi connectivity index (χ3n) is 2.78. The van der Waals surface area contributed by atoms with Crippen molar-refractivity contribution in [3.8, 4) is 11.1 Å². The fraction of sp³-hybridized carbons (Fsp3) is 0.0667. The van der Waals surface area contributed by atoms with E-state index in [1.807, 2.05) is 18.2 Å². The highest BCUT2D eigenvalue weighted by Crippen LogP contribution is 2.24. The highest BCUT2D eigenvalue weighted by atomic mass is 14.7. The van der Waals surface area contributed by atoms with Gasteiger partial charge in [-0.3, -0.25) is 5.41 Å². The summed E-state index contributed by atoms with van der Waals surface area (Å²) in [6.07, 6.45) is 0. The fourth-order valence-corrected chi connectivity index (χ4v) is 1.75. The lowest BCUT2D eigenvalue weighted by Gasteiger charge is -2.08. The van der Waals surface area contributed by atoms with Crippen molar-refractivity contribution >= 4 is 5.84 Å². The molecule has 0 unspecified atom stereocenters. The Morgan fingerprint density at radius 2 is 1.76 bits per heavy atom. The summed E-state index contributed by atoms with van der Waals surface area (Å²) in [5.41, 5.74) is 10.5. The fourth-order valence-electron chi connectivity index (χ4n) is 1.75. The molecule has 1 radical (unpaired) electrons. The SMILES string of the molecule is [CH2]c1ccc(C(=N)N)cc1-c1ccc(C)cc1. The normalized spacial score (nSPS) is 10.2. The zero-order valence-electron chi connectivity index (χ0n) is 9.83. The Balaban J connectivity index is 2.54. The van der Waals surface area contributed by atoms with E-state index in [-0.39, 0.29) is 5.84 Å². The molecule has 2 heteroatoms. The van der Waals surface area contributed by atoms with Crippen LogP contribution in [0.4, 0.5) is 0 Å². The van der Waals surface area contributed by atoms with Crippen molar-refractivity contribution in [3.63, 3.8) is 0 Å². The van der Waals surface area contributed by atoms with E-state index in [1.165, 1.54) is 5.56 Å². The summed E-state index contributed by atoms with van der Waals surface area (Å²) >= 11 is 0. The van der Waals surface area contributed by atoms with Crippen molar-refractivity contribution < 1.29 is 0 Å². The molecule has 85 valence electrons. The Morgan fingerprint density at radius 1 is 1.12 bits per heavy atom. The highest BCUT2D eigenvalue weighted by molar-refractivity contribution is 5.96. The van der Waals surface area contributed by atoms with Gasteiger partial charge in [-0.05, 0) is 36.6 Å². The van der Waals surface area contributed by atoms with E-state index < -0.39 is 0 Å². The molecule has 17 heavy (non-hydrogen) atoms. The van der Waals surface area contributed by atoms with Crippen LogP contribution in [0, 0.1) is 19.3 Å². The van der Waals surface area contributed by atoms with Crippen LogP contribution in [-0.4, -0.2) is 5.84 Å². The first-order valence-electron chi connectivity index (χ1n) is 5.45. The van der Waals surface area contributed by atoms with Crippen LogP contribution in [-0.2, 0) is 0 Å². The molecule has 0 saturated carbocycles. The van der Waals surface area contributed by atoms with Gasteiger partial charge in [-0.25, -0.2) is 0 Å². The summed E-state index contributed by atoms with van der Waals surface area (Å²) in [5.74, 6) is 0.0818. The van der Waals surface area contributed by atoms with Crippen LogP contribution >= 0.6 is 0 Å². The molecular weight excluding hydrogens is 208 g/mol. The molecule has 0 amide bonds. The lowest BCUT2D eigenvalue weighted by atomic mass is 9.97. The summed E-state index contributed by atoms with van der Waals surface area (Å²) in [6.45, 7) is 6.06. The molecule has 2 rings (SSSR count). The topological polar surface area (TPSA) is 49.9 Å². The number of nitrogen functional groups attached to an aromatic ring is 1. The van der Waals surface area contributed by atoms with Crippen molar-refractivity contribution in [2.24, 2.45) is 5.73 Å². The van der Waals surface area contributed by atoms with E-state index >= 15 is 0 Å². The first kappa shape index (κ1) is 11.4. The summed E-state index contributed by atoms with van der Waals surface area (Å²) in [4.78, 5) is 0. The Morgan fingerprint density at radius 3 is 2.35 bits per heavy atom. The van der Waals surface area contributed by atoms with Gasteiger partial charge in [0.2, 0.25) is 0 Å². The second kappa shape index (κ2) is 4.42. The van der Waals surface area contributed by atoms with Gasteiger partial charge >= 0.3 is 0 Å². The van der Waals surface area contributed by atoms with Crippen molar-refractivity contribution in [1.82, 2.24) is 0 Å². The maximum atomic E-state index is 7.46. The predicted octanol–water partition coefficient (Wildman–Crippen LogP) is 3.13. The average Bonchev–Trinajstić information content (AvgIpc) is 2.31. The number of benzene rings is 2. The molecule has 0 bridgehead atoms. The van der Waals surface area contributed by atoms with Crippen LogP contribution in [0.5, 0.6) is 0 Å². The Hall–Kier alpha value is -2.09. The lowest BCUT2D eigenvalue weighted by molar-refractivity contribution is 1.41. The molecule has 0 spiro atoms. The quantitative estimate of drug-likeness (QED) is 0.596. The molecule has 0 fully saturated rings. The zero-order chi connectivity index (χ0) is 12.4. The van der Waals surface area contributed by atoms with E-state index in [0.29, 0.717) is 0 Å². The summed E-state index contributed by atoms with van der Waals surface area (Å²) in [6, 6.07) is 13.9. The Labute approximate surface area is 102 Å². The maximum Gasteiger partial charge on any atom is 0.122 e. The lowest BCUT2D eigenvalue weighted by Crippen LogP contribution is -2.11. The molecule has 0 aromatic heterocycles. The van der Waals surface area contributed by atoms with E-state index in [1.54, 1.807) is 0 Å². The molecular formula is C15H15N2. The second-order valence-corrected chi connectivity index (χ2v) is 4.15. The monoisotopic (exact) mass is 223 g/mol. The highest BCUT2D eigenvalue weighted by Gasteiger charge is 2.04. The first-order chi connectivity index (χ1) is 8.08. The molecule has 0 atom stereocenters. The molecule has 2 aromatic rings. The summed E-state index contributed by atoms with van der Waals surface area (Å²) < 4.78 is 0. The van der Waals surface area contributed by atoms with Gasteiger partial charge < -0.3 is 5.73 Å². The number of amidine groups is 1. The second-order valence-electron chi connectivity index (χ2n) is 4.15. The largest absolute Gasteiger partial charge is 0.384 e. The minimum atomic E-state index is 0.0818. The minimum absolute atomic E-state index is 0.0818. The molecule has 2 nitrogen and oxygen atoms in total. The minimum Gasteiger partial charge on any atom is -0.384 e. The van der Waals surface area contributed by atoms with Crippen molar-refractivity contribution in [3.05, 3.63) is 66.1 Å². The number of hydrogen-bond acceptors (Lipinski definition) is 1. The van der Waals surface area contributed by atoms with Gasteiger partial charge in [0, 0.05) is 5.56 Å². The summed E-state index contributed by atoms with van der Waals surface area (Å²) in [7, 11) is 0. The van der Waals surface area contributed by atoms with E-state index in [9.17, 15) is 0 Å². The van der Waals surface area contributed by atoms with E-state index in [4.69, 9.17) is 11.1 Å². The zero-order valence-corrected chi connectivity index (χ0v) is 9.83. The van der Waals surface area contributed by atoms with Crippen molar-refractivity contribution in [1.29, 1.82) is 5.41 Å². The van der Waals surface area contributed by atoms with Gasteiger partial charge in [0.05, 0.1) is 0 Å². The molecule has 0 aliphatic rings. The van der Waals surface area contributed by atoms with Gasteiger partial charge in [0.1, 0.15) is 5.84 Å². The first-order valence-corrected chi connectivity index (χ1v) is 5.45. The number of nitrogens with two attached hydrogens (primary N) is 1. The molecule has 0 aliphatic heterocycles. The van der Waals surface area contributed by atoms with E-state index in [0.717, 1.165) is 22.3 Å². The molecule has 0 aliphatic carbocycles. The van der Waals surface area contributed by atoms with Crippen molar-refractivity contribution in [2.45, 2.75) is 6.92 Å². The van der Waals surface area contributed by atoms with Gasteiger partial charge in [0.15, 0.2) is 0 Å². The number of aryl methyl sites for hydroxylation is 1. The third kappa shape index (κ3) is 2.36. The van der Waals surface area contributed by atoms with Gasteiger partial charge in [0.25, 0.3) is 0 Å². The van der Waals surface area contributed by atoms with Crippen LogP contribution in [0.2, 0.25) is 0 Å². The number of hydrogen-bond donors (Lipinski definition) is 2. The van der Waals surface area contributed by atoms with Crippen LogP contribution in [0.3, 0.4) is 0 Å². The van der Waals surface area contributed by atoms with Crippen molar-refractivity contribution in [2.75, 3.05) is 0 Å². The molecule has 3 N–H and O–H groups in total. The molecule has 2 aromatic carbocycles. The van der Waals surface area contributed by atoms with Gasteiger partial charge in [-0.1, -0.05) is 42.0 Å². The summed E-state index contributed by atoms with van der Waals surface area (Å²) in [5, 5.41) is 7.46. The third-order valence-corrected chi connectivity index (χ3v) is 2.78. The van der Waals surface area contributed by atoms with Crippen LogP contribution in [0.25, 0.3) is 11.1 Å². The Kier molecular flexibility index (Phi) is 2.96. The molecule has 0 saturated heterocycles. The standard InChI is InChI=1S/C15H15N2/c1-10-3-6-12(7-4-10)14-9-13(15(16)17)8-5-11(14)2/h3-9H,2H2,1H3,(H3,16,17). The number of rotatable bonds is 2. The number of nitrogens with one attached hydrogen (secondary N) is 1.